The highest BCUT2D eigenvalue weighted by molar-refractivity contribution is 6.10. The maximum Gasteiger partial charge on any atom is 0.167 e. The average Bonchev–Trinajstić information content (AvgIpc) is 3.71. The van der Waals surface area contributed by atoms with E-state index in [1.54, 1.807) is 0 Å². The molecule has 0 aliphatic carbocycles. The molecule has 0 amide bonds. The Balaban J connectivity index is 1.32. The summed E-state index contributed by atoms with van der Waals surface area (Å²) in [5.41, 5.74) is 7.89. The zero-order chi connectivity index (χ0) is 33.0. The van der Waals surface area contributed by atoms with Gasteiger partial charge in [-0.1, -0.05) is 133 Å². The van der Waals surface area contributed by atoms with E-state index in [4.69, 9.17) is 19.9 Å². The zero-order valence-corrected chi connectivity index (χ0v) is 26.8. The molecule has 0 bridgehead atoms. The van der Waals surface area contributed by atoms with E-state index in [9.17, 15) is 0 Å². The third-order valence-electron chi connectivity index (χ3n) is 9.42. The first-order valence-corrected chi connectivity index (χ1v) is 16.7. The van der Waals surface area contributed by atoms with Gasteiger partial charge in [-0.25, -0.2) is 19.9 Å². The first-order chi connectivity index (χ1) is 24.8. The molecular formula is C44H28N6. The second-order valence-corrected chi connectivity index (χ2v) is 12.3. The van der Waals surface area contributed by atoms with Gasteiger partial charge >= 0.3 is 0 Å². The normalized spacial score (nSPS) is 11.6. The summed E-state index contributed by atoms with van der Waals surface area (Å²) >= 11 is 0. The largest absolute Gasteiger partial charge is 0.308 e. The van der Waals surface area contributed by atoms with E-state index < -0.39 is 0 Å². The Morgan fingerprint density at radius 1 is 0.360 bits per heavy atom. The molecule has 0 aliphatic heterocycles. The van der Waals surface area contributed by atoms with Gasteiger partial charge in [-0.2, -0.15) is 0 Å². The topological polar surface area (TPSA) is 61.4 Å². The lowest BCUT2D eigenvalue weighted by Crippen LogP contribution is -2.07. The van der Waals surface area contributed by atoms with Crippen molar-refractivity contribution in [3.63, 3.8) is 0 Å². The van der Waals surface area contributed by atoms with Gasteiger partial charge in [0.25, 0.3) is 0 Å². The molecule has 0 N–H and O–H groups in total. The number of nitrogens with zero attached hydrogens (tertiary/aromatic N) is 6. The Morgan fingerprint density at radius 3 is 1.20 bits per heavy atom. The molecular weight excluding hydrogens is 613 g/mol. The third-order valence-corrected chi connectivity index (χ3v) is 9.42. The summed E-state index contributed by atoms with van der Waals surface area (Å²) in [6, 6.07) is 56.4. The summed E-state index contributed by atoms with van der Waals surface area (Å²) in [7, 11) is 0. The van der Waals surface area contributed by atoms with Crippen molar-refractivity contribution in [2.45, 2.75) is 0 Å². The predicted molar refractivity (Wildman–Crippen MR) is 203 cm³/mol. The molecule has 50 heavy (non-hydrogen) atoms. The van der Waals surface area contributed by atoms with Crippen LogP contribution in [0.3, 0.4) is 0 Å². The molecule has 0 unspecified atom stereocenters. The highest BCUT2D eigenvalue weighted by atomic mass is 15.1. The minimum Gasteiger partial charge on any atom is -0.308 e. The number of aromatic nitrogens is 6. The van der Waals surface area contributed by atoms with Crippen LogP contribution >= 0.6 is 0 Å². The fourth-order valence-electron chi connectivity index (χ4n) is 7.19. The number of para-hydroxylation sites is 4. The van der Waals surface area contributed by atoms with Crippen LogP contribution in [0.15, 0.2) is 170 Å². The fourth-order valence-corrected chi connectivity index (χ4v) is 7.19. The standard InChI is InChI=1S/C44H28N6/c1-3-15-29(16-4-1)41-46-42(30-17-5-2-6-18-30)48-43(47-41)36-27-31(49-37-23-11-7-19-32(37)33-20-8-12-24-38(33)49)28-45-44(36)50-39-25-13-9-21-34(39)35-22-10-14-26-40(35)50/h1-28H. The summed E-state index contributed by atoms with van der Waals surface area (Å²) in [5, 5.41) is 4.70. The van der Waals surface area contributed by atoms with Crippen LogP contribution in [0.1, 0.15) is 0 Å². The SMILES string of the molecule is c1ccc(-c2nc(-c3ccccc3)nc(-c3cc(-n4c5ccccc5c5ccccc54)cnc3-n3c4ccccc4c4ccccc43)n2)cc1. The minimum absolute atomic E-state index is 0.546. The van der Waals surface area contributed by atoms with Crippen LogP contribution in [0, 0.1) is 0 Å². The smallest absolute Gasteiger partial charge is 0.167 e. The van der Waals surface area contributed by atoms with Crippen molar-refractivity contribution >= 4 is 43.6 Å². The van der Waals surface area contributed by atoms with Crippen LogP contribution < -0.4 is 0 Å². The summed E-state index contributed by atoms with van der Waals surface area (Å²) in [6.45, 7) is 0. The van der Waals surface area contributed by atoms with Gasteiger partial charge < -0.3 is 4.57 Å². The van der Waals surface area contributed by atoms with Crippen molar-refractivity contribution in [3.05, 3.63) is 170 Å². The molecule has 0 radical (unpaired) electrons. The lowest BCUT2D eigenvalue weighted by molar-refractivity contribution is 1.03. The van der Waals surface area contributed by atoms with Gasteiger partial charge in [0.1, 0.15) is 5.82 Å². The summed E-state index contributed by atoms with van der Waals surface area (Å²) in [4.78, 5) is 20.7. The van der Waals surface area contributed by atoms with Crippen LogP contribution in [0.2, 0.25) is 0 Å². The highest BCUT2D eigenvalue weighted by Crippen LogP contribution is 2.38. The molecule has 4 heterocycles. The first-order valence-electron chi connectivity index (χ1n) is 16.7. The van der Waals surface area contributed by atoms with E-state index in [0.717, 1.165) is 61.0 Å². The van der Waals surface area contributed by atoms with Gasteiger partial charge in [-0.05, 0) is 30.3 Å². The second kappa shape index (κ2) is 11.4. The van der Waals surface area contributed by atoms with Gasteiger partial charge in [0.2, 0.25) is 0 Å². The summed E-state index contributed by atoms with van der Waals surface area (Å²) < 4.78 is 4.53. The Hall–Kier alpha value is -6.92. The number of hydrogen-bond acceptors (Lipinski definition) is 4. The maximum absolute atomic E-state index is 5.31. The Bertz CT molecular complexity index is 2710. The molecule has 4 aromatic heterocycles. The lowest BCUT2D eigenvalue weighted by atomic mass is 10.1. The monoisotopic (exact) mass is 640 g/mol. The maximum atomic E-state index is 5.31. The molecule has 234 valence electrons. The average molecular weight is 641 g/mol. The zero-order valence-electron chi connectivity index (χ0n) is 26.8. The Kier molecular flexibility index (Phi) is 6.39. The minimum atomic E-state index is 0.546. The summed E-state index contributed by atoms with van der Waals surface area (Å²) in [5.74, 6) is 2.50. The van der Waals surface area contributed by atoms with Crippen LogP contribution in [0.25, 0.3) is 89.3 Å². The van der Waals surface area contributed by atoms with Crippen molar-refractivity contribution in [1.29, 1.82) is 0 Å². The molecule has 6 nitrogen and oxygen atoms in total. The first kappa shape index (κ1) is 28.1. The van der Waals surface area contributed by atoms with Gasteiger partial charge in [0.15, 0.2) is 17.5 Å². The van der Waals surface area contributed by atoms with E-state index >= 15 is 0 Å². The fraction of sp³-hybridized carbons (Fsp3) is 0. The van der Waals surface area contributed by atoms with Gasteiger partial charge in [-0.3, -0.25) is 4.57 Å². The molecule has 0 atom stereocenters. The second-order valence-electron chi connectivity index (χ2n) is 12.3. The molecule has 0 fully saturated rings. The van der Waals surface area contributed by atoms with Gasteiger partial charge in [-0.15, -0.1) is 0 Å². The number of hydrogen-bond donors (Lipinski definition) is 0. The number of pyridine rings is 1. The van der Waals surface area contributed by atoms with E-state index in [1.807, 2.05) is 66.9 Å². The number of fused-ring (bicyclic) bond motifs is 6. The molecule has 6 heteroatoms. The third kappa shape index (κ3) is 4.43. The number of benzene rings is 6. The van der Waals surface area contributed by atoms with Crippen molar-refractivity contribution in [1.82, 2.24) is 29.1 Å². The van der Waals surface area contributed by atoms with E-state index in [-0.39, 0.29) is 0 Å². The van der Waals surface area contributed by atoms with Crippen LogP contribution in [0.5, 0.6) is 0 Å². The molecule has 6 aromatic carbocycles. The van der Waals surface area contributed by atoms with Crippen LogP contribution in [0.4, 0.5) is 0 Å². The predicted octanol–water partition coefficient (Wildman–Crippen LogP) is 10.5. The van der Waals surface area contributed by atoms with Crippen molar-refractivity contribution in [3.8, 4) is 45.7 Å². The molecule has 10 rings (SSSR count). The number of rotatable bonds is 5. The van der Waals surface area contributed by atoms with Crippen molar-refractivity contribution in [2.24, 2.45) is 0 Å². The molecule has 0 aliphatic rings. The quantitative estimate of drug-likeness (QED) is 0.188. The van der Waals surface area contributed by atoms with E-state index in [0.29, 0.717) is 17.5 Å². The summed E-state index contributed by atoms with van der Waals surface area (Å²) in [6.07, 6.45) is 1.97. The Morgan fingerprint density at radius 2 is 0.740 bits per heavy atom. The van der Waals surface area contributed by atoms with E-state index in [1.165, 1.54) is 10.8 Å². The van der Waals surface area contributed by atoms with Crippen LogP contribution in [-0.2, 0) is 0 Å². The van der Waals surface area contributed by atoms with Crippen LogP contribution in [-0.4, -0.2) is 29.1 Å². The molecule has 0 saturated carbocycles. The molecule has 0 saturated heterocycles. The highest BCUT2D eigenvalue weighted by Gasteiger charge is 2.22. The van der Waals surface area contributed by atoms with Gasteiger partial charge in [0, 0.05) is 32.7 Å². The molecule has 0 spiro atoms. The van der Waals surface area contributed by atoms with E-state index in [2.05, 4.69) is 112 Å². The molecule has 10 aromatic rings. The van der Waals surface area contributed by atoms with Crippen molar-refractivity contribution < 1.29 is 0 Å². The van der Waals surface area contributed by atoms with Crippen molar-refractivity contribution in [2.75, 3.05) is 0 Å². The Labute approximate surface area is 287 Å². The van der Waals surface area contributed by atoms with Gasteiger partial charge in [0.05, 0.1) is 39.5 Å². The lowest BCUT2D eigenvalue weighted by Gasteiger charge is -2.16.